The molecule has 0 saturated heterocycles. The monoisotopic (exact) mass is 192 g/mol. The molecule has 0 amide bonds. The largest absolute Gasteiger partial charge is 0.478 e. The first-order chi connectivity index (χ1) is 6.65. The Balaban J connectivity index is 2.97. The molecule has 0 aliphatic carbocycles. The van der Waals surface area contributed by atoms with Crippen LogP contribution in [0.3, 0.4) is 0 Å². The molecule has 0 atom stereocenters. The van der Waals surface area contributed by atoms with Gasteiger partial charge in [-0.25, -0.2) is 4.79 Å². The van der Waals surface area contributed by atoms with Crippen LogP contribution in [0.25, 0.3) is 0 Å². The van der Waals surface area contributed by atoms with Gasteiger partial charge in [0.2, 0.25) is 0 Å². The van der Waals surface area contributed by atoms with Gasteiger partial charge in [-0.1, -0.05) is 17.6 Å². The molecule has 0 radical (unpaired) electrons. The standard InChI is InChI=1S/C10H13BO3/c1-14-5-4-7-6-8(11)2-3-9(7)10(12)13/h2-3,6H,4-5,11H2,1H3,(H,12,13). The summed E-state index contributed by atoms with van der Waals surface area (Å²) in [5.41, 5.74) is 2.27. The first kappa shape index (κ1) is 10.8. The highest BCUT2D eigenvalue weighted by atomic mass is 16.5. The molecule has 14 heavy (non-hydrogen) atoms. The number of carboxylic acids is 1. The third-order valence-electron chi connectivity index (χ3n) is 2.07. The normalized spacial score (nSPS) is 10.1. The third kappa shape index (κ3) is 2.60. The number of benzene rings is 1. The van der Waals surface area contributed by atoms with Gasteiger partial charge in [-0.3, -0.25) is 0 Å². The van der Waals surface area contributed by atoms with Crippen LogP contribution in [0.15, 0.2) is 18.2 Å². The molecule has 0 unspecified atom stereocenters. The lowest BCUT2D eigenvalue weighted by molar-refractivity contribution is 0.0695. The predicted molar refractivity (Wildman–Crippen MR) is 57.2 cm³/mol. The summed E-state index contributed by atoms with van der Waals surface area (Å²) in [5, 5.41) is 8.92. The summed E-state index contributed by atoms with van der Waals surface area (Å²) in [4.78, 5) is 10.9. The van der Waals surface area contributed by atoms with Gasteiger partial charge in [-0.2, -0.15) is 0 Å². The van der Waals surface area contributed by atoms with Crippen molar-refractivity contribution in [3.8, 4) is 0 Å². The SMILES string of the molecule is Bc1ccc(C(=O)O)c(CCOC)c1. The summed E-state index contributed by atoms with van der Waals surface area (Å²) in [5.74, 6) is -0.879. The lowest BCUT2D eigenvalue weighted by atomic mass is 9.91. The zero-order valence-corrected chi connectivity index (χ0v) is 8.41. The molecule has 0 fully saturated rings. The summed E-state index contributed by atoms with van der Waals surface area (Å²) < 4.78 is 4.93. The van der Waals surface area contributed by atoms with E-state index in [1.165, 1.54) is 0 Å². The first-order valence-electron chi connectivity index (χ1n) is 4.47. The maximum Gasteiger partial charge on any atom is 0.335 e. The highest BCUT2D eigenvalue weighted by molar-refractivity contribution is 6.32. The summed E-state index contributed by atoms with van der Waals surface area (Å²) >= 11 is 0. The van der Waals surface area contributed by atoms with E-state index in [1.807, 2.05) is 13.9 Å². The van der Waals surface area contributed by atoms with E-state index in [-0.39, 0.29) is 0 Å². The van der Waals surface area contributed by atoms with Crippen LogP contribution in [-0.4, -0.2) is 32.6 Å². The van der Waals surface area contributed by atoms with Crippen LogP contribution in [0, 0.1) is 0 Å². The molecule has 0 saturated carbocycles. The minimum absolute atomic E-state index is 0.368. The number of carbonyl (C=O) groups is 1. The van der Waals surface area contributed by atoms with Crippen LogP contribution in [0.1, 0.15) is 15.9 Å². The molecule has 0 bridgehead atoms. The van der Waals surface area contributed by atoms with E-state index in [9.17, 15) is 4.79 Å². The maximum atomic E-state index is 10.9. The number of methoxy groups -OCH3 is 1. The minimum Gasteiger partial charge on any atom is -0.478 e. The van der Waals surface area contributed by atoms with E-state index in [4.69, 9.17) is 9.84 Å². The Morgan fingerprint density at radius 2 is 2.29 bits per heavy atom. The molecule has 0 heterocycles. The molecule has 0 spiro atoms. The molecule has 3 nitrogen and oxygen atoms in total. The average Bonchev–Trinajstić information content (AvgIpc) is 2.14. The second-order valence-corrected chi connectivity index (χ2v) is 3.21. The lowest BCUT2D eigenvalue weighted by Crippen LogP contribution is -2.11. The Labute approximate surface area is 84.1 Å². The average molecular weight is 192 g/mol. The van der Waals surface area contributed by atoms with Gasteiger partial charge in [0.05, 0.1) is 12.2 Å². The fourth-order valence-corrected chi connectivity index (χ4v) is 1.35. The number of hydrogen-bond donors (Lipinski definition) is 1. The number of aromatic carboxylic acids is 1. The van der Waals surface area contributed by atoms with Crippen molar-refractivity contribution in [2.24, 2.45) is 0 Å². The quantitative estimate of drug-likeness (QED) is 0.673. The zero-order valence-electron chi connectivity index (χ0n) is 8.41. The molecular weight excluding hydrogens is 179 g/mol. The van der Waals surface area contributed by atoms with E-state index in [1.54, 1.807) is 19.2 Å². The molecule has 0 aliphatic heterocycles. The van der Waals surface area contributed by atoms with Crippen molar-refractivity contribution in [2.75, 3.05) is 13.7 Å². The molecule has 1 N–H and O–H groups in total. The van der Waals surface area contributed by atoms with Crippen molar-refractivity contribution in [1.29, 1.82) is 0 Å². The van der Waals surface area contributed by atoms with E-state index in [2.05, 4.69) is 0 Å². The minimum atomic E-state index is -0.879. The molecular formula is C10H13BO3. The van der Waals surface area contributed by atoms with Gasteiger partial charge >= 0.3 is 5.97 Å². The number of ether oxygens (including phenoxy) is 1. The smallest absolute Gasteiger partial charge is 0.335 e. The second-order valence-electron chi connectivity index (χ2n) is 3.21. The highest BCUT2D eigenvalue weighted by Gasteiger charge is 2.08. The number of carboxylic acid groups (broad SMARTS) is 1. The first-order valence-corrected chi connectivity index (χ1v) is 4.47. The van der Waals surface area contributed by atoms with E-state index < -0.39 is 5.97 Å². The Kier molecular flexibility index (Phi) is 3.71. The van der Waals surface area contributed by atoms with Gasteiger partial charge in [-0.05, 0) is 18.1 Å². The number of hydrogen-bond acceptors (Lipinski definition) is 2. The van der Waals surface area contributed by atoms with E-state index in [0.717, 1.165) is 11.0 Å². The van der Waals surface area contributed by atoms with Gasteiger partial charge in [0.25, 0.3) is 0 Å². The predicted octanol–water partition coefficient (Wildman–Crippen LogP) is -0.168. The van der Waals surface area contributed by atoms with Crippen molar-refractivity contribution in [3.63, 3.8) is 0 Å². The maximum absolute atomic E-state index is 10.9. The molecule has 4 heteroatoms. The van der Waals surface area contributed by atoms with Crippen LogP contribution in [0.2, 0.25) is 0 Å². The summed E-state index contributed by atoms with van der Waals surface area (Å²) in [6.07, 6.45) is 0.639. The topological polar surface area (TPSA) is 46.5 Å². The summed E-state index contributed by atoms with van der Waals surface area (Å²) in [6.45, 7) is 0.545. The Morgan fingerprint density at radius 1 is 1.57 bits per heavy atom. The molecule has 0 aliphatic rings. The van der Waals surface area contributed by atoms with Crippen molar-refractivity contribution in [3.05, 3.63) is 29.3 Å². The van der Waals surface area contributed by atoms with Crippen LogP contribution in [0.5, 0.6) is 0 Å². The highest BCUT2D eigenvalue weighted by Crippen LogP contribution is 2.08. The van der Waals surface area contributed by atoms with Gasteiger partial charge < -0.3 is 9.84 Å². The van der Waals surface area contributed by atoms with Crippen molar-refractivity contribution in [1.82, 2.24) is 0 Å². The third-order valence-corrected chi connectivity index (χ3v) is 2.07. The Bertz CT molecular complexity index is 336. The molecule has 1 rings (SSSR count). The molecule has 0 aromatic heterocycles. The fourth-order valence-electron chi connectivity index (χ4n) is 1.35. The van der Waals surface area contributed by atoms with Gasteiger partial charge in [0, 0.05) is 7.11 Å². The van der Waals surface area contributed by atoms with E-state index in [0.29, 0.717) is 18.6 Å². The molecule has 74 valence electrons. The van der Waals surface area contributed by atoms with Crippen molar-refractivity contribution >= 4 is 19.3 Å². The van der Waals surface area contributed by atoms with Crippen LogP contribution in [-0.2, 0) is 11.2 Å². The van der Waals surface area contributed by atoms with Gasteiger partial charge in [-0.15, -0.1) is 0 Å². The van der Waals surface area contributed by atoms with Crippen molar-refractivity contribution in [2.45, 2.75) is 6.42 Å². The van der Waals surface area contributed by atoms with Crippen LogP contribution in [0.4, 0.5) is 0 Å². The van der Waals surface area contributed by atoms with Gasteiger partial charge in [0.15, 0.2) is 0 Å². The molecule has 1 aromatic rings. The second kappa shape index (κ2) is 4.81. The van der Waals surface area contributed by atoms with E-state index >= 15 is 0 Å². The lowest BCUT2D eigenvalue weighted by Gasteiger charge is -2.06. The van der Waals surface area contributed by atoms with Crippen molar-refractivity contribution < 1.29 is 14.6 Å². The van der Waals surface area contributed by atoms with Crippen LogP contribution < -0.4 is 5.46 Å². The molecule has 1 aromatic carbocycles. The Hall–Kier alpha value is -1.29. The number of rotatable bonds is 4. The Morgan fingerprint density at radius 3 is 2.86 bits per heavy atom. The summed E-state index contributed by atoms with van der Waals surface area (Å²) in [6, 6.07) is 5.34. The van der Waals surface area contributed by atoms with Gasteiger partial charge in [0.1, 0.15) is 7.85 Å². The fraction of sp³-hybridized carbons (Fsp3) is 0.300. The summed E-state index contributed by atoms with van der Waals surface area (Å²) in [7, 11) is 3.55. The zero-order chi connectivity index (χ0) is 10.6. The van der Waals surface area contributed by atoms with Crippen LogP contribution >= 0.6 is 0 Å².